The van der Waals surface area contributed by atoms with Gasteiger partial charge in [-0.05, 0) is 49.4 Å². The van der Waals surface area contributed by atoms with E-state index in [4.69, 9.17) is 4.74 Å². The van der Waals surface area contributed by atoms with E-state index in [1.54, 1.807) is 24.3 Å². The number of fused-ring (bicyclic) bond motifs is 1. The van der Waals surface area contributed by atoms with Gasteiger partial charge in [0.05, 0.1) is 0 Å². The van der Waals surface area contributed by atoms with Gasteiger partial charge in [-0.3, -0.25) is 0 Å². The fourth-order valence-corrected chi connectivity index (χ4v) is 2.45. The first-order valence-corrected chi connectivity index (χ1v) is 6.48. The Morgan fingerprint density at radius 3 is 2.68 bits per heavy atom. The molecule has 19 heavy (non-hydrogen) atoms. The number of benzene rings is 2. The van der Waals surface area contributed by atoms with E-state index in [0.29, 0.717) is 0 Å². The van der Waals surface area contributed by atoms with Crippen LogP contribution in [0.1, 0.15) is 11.1 Å². The van der Waals surface area contributed by atoms with E-state index >= 15 is 0 Å². The van der Waals surface area contributed by atoms with Crippen molar-refractivity contribution in [3.8, 4) is 17.2 Å². The topological polar surface area (TPSA) is 32.7 Å². The number of rotatable bonds is 2. The summed E-state index contributed by atoms with van der Waals surface area (Å²) in [5, 5.41) is 9.28. The zero-order valence-electron chi connectivity index (χ0n) is 11.0. The van der Waals surface area contributed by atoms with Crippen LogP contribution in [0.25, 0.3) is 0 Å². The lowest BCUT2D eigenvalue weighted by atomic mass is 9.99. The summed E-state index contributed by atoms with van der Waals surface area (Å²) < 4.78 is 5.94. The molecule has 0 amide bonds. The summed E-state index contributed by atoms with van der Waals surface area (Å²) in [7, 11) is 2.14. The highest BCUT2D eigenvalue weighted by atomic mass is 16.5. The molecular formula is C16H17NO2. The molecule has 0 radical (unpaired) electrons. The number of likely N-dealkylation sites (N-methyl/N-ethyl adjacent to an activating group) is 1. The maximum absolute atomic E-state index is 9.28. The Labute approximate surface area is 113 Å². The minimum atomic E-state index is 0.254. The Hall–Kier alpha value is -2.00. The van der Waals surface area contributed by atoms with Crippen LogP contribution in [0.3, 0.4) is 0 Å². The van der Waals surface area contributed by atoms with Gasteiger partial charge in [-0.25, -0.2) is 0 Å². The van der Waals surface area contributed by atoms with Crippen LogP contribution in [0.15, 0.2) is 42.5 Å². The van der Waals surface area contributed by atoms with E-state index in [2.05, 4.69) is 18.0 Å². The lowest BCUT2D eigenvalue weighted by molar-refractivity contribution is 0.309. The van der Waals surface area contributed by atoms with Crippen molar-refractivity contribution >= 4 is 0 Å². The molecule has 3 rings (SSSR count). The number of hydrogen-bond donors (Lipinski definition) is 1. The molecule has 1 aliphatic rings. The molecule has 0 bridgehead atoms. The van der Waals surface area contributed by atoms with Gasteiger partial charge in [0.15, 0.2) is 0 Å². The Morgan fingerprint density at radius 1 is 1.11 bits per heavy atom. The zero-order chi connectivity index (χ0) is 13.2. The van der Waals surface area contributed by atoms with E-state index in [1.807, 2.05) is 12.1 Å². The molecule has 0 spiro atoms. The maximum atomic E-state index is 9.28. The van der Waals surface area contributed by atoms with E-state index in [-0.39, 0.29) is 5.75 Å². The minimum Gasteiger partial charge on any atom is -0.508 e. The first-order valence-electron chi connectivity index (χ1n) is 6.48. The molecule has 1 N–H and O–H groups in total. The summed E-state index contributed by atoms with van der Waals surface area (Å²) in [4.78, 5) is 2.31. The second-order valence-corrected chi connectivity index (χ2v) is 4.98. The summed E-state index contributed by atoms with van der Waals surface area (Å²) in [6.45, 7) is 2.03. The third-order valence-corrected chi connectivity index (χ3v) is 3.48. The van der Waals surface area contributed by atoms with Crippen LogP contribution in [0.2, 0.25) is 0 Å². The molecule has 1 heterocycles. The van der Waals surface area contributed by atoms with Crippen molar-refractivity contribution in [3.63, 3.8) is 0 Å². The number of aromatic hydroxyl groups is 1. The SMILES string of the molecule is CN1CCc2c(cccc2Oc2ccc(O)cc2)C1. The molecule has 1 aliphatic heterocycles. The first kappa shape index (κ1) is 12.1. The van der Waals surface area contributed by atoms with E-state index in [1.165, 1.54) is 11.1 Å². The van der Waals surface area contributed by atoms with Gasteiger partial charge in [-0.1, -0.05) is 12.1 Å². The normalized spacial score (nSPS) is 15.0. The quantitative estimate of drug-likeness (QED) is 0.894. The van der Waals surface area contributed by atoms with Crippen LogP contribution in [0.4, 0.5) is 0 Å². The Kier molecular flexibility index (Phi) is 3.13. The summed E-state index contributed by atoms with van der Waals surface area (Å²) in [5.41, 5.74) is 2.64. The van der Waals surface area contributed by atoms with E-state index < -0.39 is 0 Å². The van der Waals surface area contributed by atoms with E-state index in [9.17, 15) is 5.11 Å². The molecule has 2 aromatic rings. The number of phenolic OH excluding ortho intramolecular Hbond substituents is 1. The summed E-state index contributed by atoms with van der Waals surface area (Å²) in [6.07, 6.45) is 1.01. The lowest BCUT2D eigenvalue weighted by Gasteiger charge is -2.26. The molecule has 3 heteroatoms. The molecule has 0 unspecified atom stereocenters. The van der Waals surface area contributed by atoms with E-state index in [0.717, 1.165) is 31.0 Å². The molecule has 0 saturated heterocycles. The lowest BCUT2D eigenvalue weighted by Crippen LogP contribution is -2.26. The number of ether oxygens (including phenoxy) is 1. The third-order valence-electron chi connectivity index (χ3n) is 3.48. The van der Waals surface area contributed by atoms with Crippen LogP contribution < -0.4 is 4.74 Å². The maximum Gasteiger partial charge on any atom is 0.130 e. The van der Waals surface area contributed by atoms with Crippen molar-refractivity contribution in [2.45, 2.75) is 13.0 Å². The van der Waals surface area contributed by atoms with Gasteiger partial charge in [0, 0.05) is 18.7 Å². The highest BCUT2D eigenvalue weighted by Crippen LogP contribution is 2.31. The monoisotopic (exact) mass is 255 g/mol. The molecule has 0 aromatic heterocycles. The number of hydrogen-bond acceptors (Lipinski definition) is 3. The Balaban J connectivity index is 1.89. The van der Waals surface area contributed by atoms with Gasteiger partial charge in [0.1, 0.15) is 17.2 Å². The van der Waals surface area contributed by atoms with Gasteiger partial charge in [-0.15, -0.1) is 0 Å². The minimum absolute atomic E-state index is 0.254. The zero-order valence-corrected chi connectivity index (χ0v) is 11.0. The Bertz CT molecular complexity index is 578. The van der Waals surface area contributed by atoms with Crippen LogP contribution in [-0.2, 0) is 13.0 Å². The van der Waals surface area contributed by atoms with Crippen LogP contribution >= 0.6 is 0 Å². The molecule has 0 aliphatic carbocycles. The molecular weight excluding hydrogens is 238 g/mol. The second-order valence-electron chi connectivity index (χ2n) is 4.98. The van der Waals surface area contributed by atoms with Crippen LogP contribution in [0.5, 0.6) is 17.2 Å². The predicted molar refractivity (Wildman–Crippen MR) is 74.7 cm³/mol. The molecule has 3 nitrogen and oxygen atoms in total. The number of phenols is 1. The van der Waals surface area contributed by atoms with Gasteiger partial charge >= 0.3 is 0 Å². The predicted octanol–water partition coefficient (Wildman–Crippen LogP) is 3.17. The van der Waals surface area contributed by atoms with Crippen LogP contribution in [-0.4, -0.2) is 23.6 Å². The summed E-state index contributed by atoms with van der Waals surface area (Å²) in [6, 6.07) is 13.0. The van der Waals surface area contributed by atoms with Crippen molar-refractivity contribution < 1.29 is 9.84 Å². The number of nitrogens with zero attached hydrogens (tertiary/aromatic N) is 1. The first-order chi connectivity index (χ1) is 9.22. The van der Waals surface area contributed by atoms with Gasteiger partial charge in [0.25, 0.3) is 0 Å². The fourth-order valence-electron chi connectivity index (χ4n) is 2.45. The van der Waals surface area contributed by atoms with Crippen molar-refractivity contribution in [2.24, 2.45) is 0 Å². The summed E-state index contributed by atoms with van der Waals surface area (Å²) >= 11 is 0. The van der Waals surface area contributed by atoms with Gasteiger partial charge < -0.3 is 14.7 Å². The Morgan fingerprint density at radius 2 is 1.89 bits per heavy atom. The van der Waals surface area contributed by atoms with Crippen LogP contribution in [0, 0.1) is 0 Å². The van der Waals surface area contributed by atoms with Gasteiger partial charge in [0.2, 0.25) is 0 Å². The van der Waals surface area contributed by atoms with Crippen molar-refractivity contribution in [1.29, 1.82) is 0 Å². The largest absolute Gasteiger partial charge is 0.508 e. The third kappa shape index (κ3) is 2.56. The average molecular weight is 255 g/mol. The molecule has 2 aromatic carbocycles. The van der Waals surface area contributed by atoms with Crippen molar-refractivity contribution in [2.75, 3.05) is 13.6 Å². The average Bonchev–Trinajstić information content (AvgIpc) is 2.41. The molecule has 0 atom stereocenters. The second kappa shape index (κ2) is 4.94. The molecule has 98 valence electrons. The fraction of sp³-hybridized carbons (Fsp3) is 0.250. The molecule has 0 fully saturated rings. The summed E-state index contributed by atoms with van der Waals surface area (Å²) in [5.74, 6) is 1.94. The van der Waals surface area contributed by atoms with Crippen molar-refractivity contribution in [3.05, 3.63) is 53.6 Å². The van der Waals surface area contributed by atoms with Crippen molar-refractivity contribution in [1.82, 2.24) is 4.90 Å². The highest BCUT2D eigenvalue weighted by Gasteiger charge is 2.17. The van der Waals surface area contributed by atoms with Gasteiger partial charge in [-0.2, -0.15) is 0 Å². The molecule has 0 saturated carbocycles. The highest BCUT2D eigenvalue weighted by molar-refractivity contribution is 5.44. The standard InChI is InChI=1S/C16H17NO2/c1-17-10-9-15-12(11-17)3-2-4-16(15)19-14-7-5-13(18)6-8-14/h2-8,18H,9-11H2,1H3. The smallest absolute Gasteiger partial charge is 0.130 e.